The molecule has 0 saturated carbocycles. The lowest BCUT2D eigenvalue weighted by Crippen LogP contribution is -2.36. The quantitative estimate of drug-likeness (QED) is 0.799. The van der Waals surface area contributed by atoms with Gasteiger partial charge in [0, 0.05) is 18.2 Å². The first-order chi connectivity index (χ1) is 9.31. The number of hydrogen-bond acceptors (Lipinski definition) is 4. The number of aliphatic hydroxyl groups is 1. The van der Waals surface area contributed by atoms with E-state index in [4.69, 9.17) is 21.4 Å². The minimum absolute atomic E-state index is 0.0181. The molecule has 5 nitrogen and oxygen atoms in total. The zero-order valence-electron chi connectivity index (χ0n) is 11.2. The Morgan fingerprint density at radius 1 is 1.50 bits per heavy atom. The molecule has 0 radical (unpaired) electrons. The van der Waals surface area contributed by atoms with Crippen LogP contribution in [-0.2, 0) is 21.4 Å². The molecule has 0 aliphatic carbocycles. The highest BCUT2D eigenvalue weighted by atomic mass is 35.5. The summed E-state index contributed by atoms with van der Waals surface area (Å²) in [6, 6.07) is 1.49. The molecule has 2 N–H and O–H groups in total. The van der Waals surface area contributed by atoms with Crippen LogP contribution in [0.5, 0.6) is 0 Å². The van der Waals surface area contributed by atoms with Crippen LogP contribution in [-0.4, -0.2) is 32.8 Å². The largest absolute Gasteiger partial charge is 0.392 e. The fourth-order valence-corrected chi connectivity index (χ4v) is 3.01. The average Bonchev–Trinajstić information content (AvgIpc) is 2.38. The molecule has 0 aliphatic rings. The van der Waals surface area contributed by atoms with Gasteiger partial charge in [0.1, 0.15) is 5.82 Å². The lowest BCUT2D eigenvalue weighted by Gasteiger charge is -2.15. The van der Waals surface area contributed by atoms with E-state index >= 15 is 0 Å². The molecule has 0 bridgehead atoms. The minimum Gasteiger partial charge on any atom is -0.392 e. The van der Waals surface area contributed by atoms with Gasteiger partial charge in [-0.1, -0.05) is 11.6 Å². The van der Waals surface area contributed by atoms with Crippen molar-refractivity contribution in [1.29, 1.82) is 0 Å². The van der Waals surface area contributed by atoms with Gasteiger partial charge in [-0.3, -0.25) is 0 Å². The van der Waals surface area contributed by atoms with Crippen LogP contribution < -0.4 is 4.72 Å². The number of benzene rings is 1. The summed E-state index contributed by atoms with van der Waals surface area (Å²) in [4.78, 5) is -0.285. The van der Waals surface area contributed by atoms with Crippen LogP contribution in [0.25, 0.3) is 0 Å². The average molecular weight is 326 g/mol. The predicted octanol–water partition coefficient (Wildman–Crippen LogP) is 1.67. The van der Waals surface area contributed by atoms with E-state index < -0.39 is 28.5 Å². The first-order valence-corrected chi connectivity index (χ1v) is 7.86. The van der Waals surface area contributed by atoms with Gasteiger partial charge in [-0.2, -0.15) is 0 Å². The highest BCUT2D eigenvalue weighted by Gasteiger charge is 2.20. The lowest BCUT2D eigenvalue weighted by atomic mass is 10.2. The van der Waals surface area contributed by atoms with Gasteiger partial charge in [0.25, 0.3) is 0 Å². The Hall–Kier alpha value is -0.730. The highest BCUT2D eigenvalue weighted by molar-refractivity contribution is 7.89. The lowest BCUT2D eigenvalue weighted by molar-refractivity contribution is 0.133. The van der Waals surface area contributed by atoms with Crippen LogP contribution in [0.3, 0.4) is 0 Å². The Morgan fingerprint density at radius 2 is 2.15 bits per heavy atom. The third-order valence-corrected chi connectivity index (χ3v) is 4.48. The molecule has 0 aromatic heterocycles. The van der Waals surface area contributed by atoms with Gasteiger partial charge in [0.2, 0.25) is 10.0 Å². The van der Waals surface area contributed by atoms with Gasteiger partial charge in [-0.15, -0.1) is 0 Å². The summed E-state index contributed by atoms with van der Waals surface area (Å²) in [6.07, 6.45) is 0. The Labute approximate surface area is 122 Å². The molecule has 0 fully saturated rings. The number of rotatable bonds is 7. The zero-order valence-corrected chi connectivity index (χ0v) is 12.8. The van der Waals surface area contributed by atoms with Crippen molar-refractivity contribution >= 4 is 21.6 Å². The van der Waals surface area contributed by atoms with Gasteiger partial charge < -0.3 is 9.84 Å². The summed E-state index contributed by atoms with van der Waals surface area (Å²) < 4.78 is 45.2. The van der Waals surface area contributed by atoms with Crippen LogP contribution in [0.4, 0.5) is 4.39 Å². The summed E-state index contributed by atoms with van der Waals surface area (Å²) in [5.74, 6) is -0.893. The van der Waals surface area contributed by atoms with Crippen LogP contribution in [0.2, 0.25) is 5.02 Å². The summed E-state index contributed by atoms with van der Waals surface area (Å²) in [6.45, 7) is 3.55. The van der Waals surface area contributed by atoms with Gasteiger partial charge in [0.05, 0.1) is 23.1 Å². The van der Waals surface area contributed by atoms with E-state index in [1.165, 1.54) is 0 Å². The van der Waals surface area contributed by atoms with E-state index in [1.807, 2.05) is 0 Å². The van der Waals surface area contributed by atoms with E-state index in [2.05, 4.69) is 4.72 Å². The molecule has 114 valence electrons. The third-order valence-electron chi connectivity index (χ3n) is 2.49. The minimum atomic E-state index is -3.90. The maximum absolute atomic E-state index is 13.5. The van der Waals surface area contributed by atoms with Crippen LogP contribution in [0.1, 0.15) is 19.4 Å². The van der Waals surface area contributed by atoms with E-state index in [9.17, 15) is 12.8 Å². The number of ether oxygens (including phenoxy) is 1. The molecular weight excluding hydrogens is 309 g/mol. The summed E-state index contributed by atoms with van der Waals surface area (Å²) in [7, 11) is -3.90. The SMILES string of the molecule is CCOCC(C)NS(=O)(=O)c1cc(F)c(Cl)c(CO)c1. The molecule has 1 atom stereocenters. The van der Waals surface area contributed by atoms with Crippen LogP contribution in [0, 0.1) is 5.82 Å². The topological polar surface area (TPSA) is 75.6 Å². The van der Waals surface area contributed by atoms with Gasteiger partial charge in [0.15, 0.2) is 0 Å². The van der Waals surface area contributed by atoms with Gasteiger partial charge in [-0.05, 0) is 26.0 Å². The second-order valence-electron chi connectivity index (χ2n) is 4.22. The summed E-state index contributed by atoms with van der Waals surface area (Å²) >= 11 is 5.62. The monoisotopic (exact) mass is 325 g/mol. The fourth-order valence-electron chi connectivity index (χ4n) is 1.55. The van der Waals surface area contributed by atoms with Gasteiger partial charge >= 0.3 is 0 Å². The van der Waals surface area contributed by atoms with Crippen molar-refractivity contribution in [1.82, 2.24) is 4.72 Å². The Morgan fingerprint density at radius 3 is 2.70 bits per heavy atom. The molecule has 0 amide bonds. The second-order valence-corrected chi connectivity index (χ2v) is 6.31. The van der Waals surface area contributed by atoms with Crippen LogP contribution in [0.15, 0.2) is 17.0 Å². The summed E-state index contributed by atoms with van der Waals surface area (Å²) in [5.41, 5.74) is 0.0181. The zero-order chi connectivity index (χ0) is 15.3. The molecule has 0 aliphatic heterocycles. The van der Waals surface area contributed by atoms with Crippen LogP contribution >= 0.6 is 11.6 Å². The van der Waals surface area contributed by atoms with Crippen molar-refractivity contribution in [3.05, 3.63) is 28.5 Å². The first kappa shape index (κ1) is 17.3. The third kappa shape index (κ3) is 4.39. The molecular formula is C12H17ClFNO4S. The standard InChI is InChI=1S/C12H17ClFNO4S/c1-3-19-7-8(2)15-20(17,18)10-4-9(6-16)12(13)11(14)5-10/h4-5,8,15-16H,3,6-7H2,1-2H3. The number of hydrogen-bond donors (Lipinski definition) is 2. The molecule has 0 heterocycles. The normalized spacial score (nSPS) is 13.4. The Balaban J connectivity index is 3.01. The van der Waals surface area contributed by atoms with E-state index in [-0.39, 0.29) is 22.1 Å². The molecule has 0 saturated heterocycles. The van der Waals surface area contributed by atoms with E-state index in [0.29, 0.717) is 6.61 Å². The predicted molar refractivity (Wildman–Crippen MR) is 73.6 cm³/mol. The number of halogens is 2. The fraction of sp³-hybridized carbons (Fsp3) is 0.500. The molecule has 0 spiro atoms. The molecule has 1 unspecified atom stereocenters. The molecule has 8 heteroatoms. The number of nitrogens with one attached hydrogen (secondary N) is 1. The number of aliphatic hydroxyl groups excluding tert-OH is 1. The van der Waals surface area contributed by atoms with Crippen molar-refractivity contribution in [3.8, 4) is 0 Å². The maximum atomic E-state index is 13.5. The smallest absolute Gasteiger partial charge is 0.241 e. The highest BCUT2D eigenvalue weighted by Crippen LogP contribution is 2.24. The van der Waals surface area contributed by atoms with Gasteiger partial charge in [-0.25, -0.2) is 17.5 Å². The Bertz CT molecular complexity index is 565. The second kappa shape index (κ2) is 7.33. The maximum Gasteiger partial charge on any atom is 0.241 e. The van der Waals surface area contributed by atoms with Crippen molar-refractivity contribution < 1.29 is 22.7 Å². The van der Waals surface area contributed by atoms with Crippen molar-refractivity contribution in [2.75, 3.05) is 13.2 Å². The van der Waals surface area contributed by atoms with E-state index in [1.54, 1.807) is 13.8 Å². The first-order valence-electron chi connectivity index (χ1n) is 6.00. The van der Waals surface area contributed by atoms with E-state index in [0.717, 1.165) is 12.1 Å². The molecule has 1 aromatic carbocycles. The molecule has 1 rings (SSSR count). The van der Waals surface area contributed by atoms with Crippen molar-refractivity contribution in [2.45, 2.75) is 31.4 Å². The number of sulfonamides is 1. The van der Waals surface area contributed by atoms with Crippen molar-refractivity contribution in [3.63, 3.8) is 0 Å². The molecule has 1 aromatic rings. The molecule has 20 heavy (non-hydrogen) atoms. The summed E-state index contributed by atoms with van der Waals surface area (Å²) in [5, 5.41) is 8.76. The van der Waals surface area contributed by atoms with Crippen molar-refractivity contribution in [2.24, 2.45) is 0 Å². The Kier molecular flexibility index (Phi) is 6.35.